The van der Waals surface area contributed by atoms with E-state index in [1.54, 1.807) is 11.3 Å². The predicted octanol–water partition coefficient (Wildman–Crippen LogP) is 4.13. The molecule has 0 bridgehead atoms. The summed E-state index contributed by atoms with van der Waals surface area (Å²) in [6.07, 6.45) is 2.13. The molecule has 0 aliphatic carbocycles. The zero-order chi connectivity index (χ0) is 15.1. The van der Waals surface area contributed by atoms with Gasteiger partial charge in [-0.25, -0.2) is 0 Å². The summed E-state index contributed by atoms with van der Waals surface area (Å²) < 4.78 is 0. The lowest BCUT2D eigenvalue weighted by Crippen LogP contribution is -2.31. The quantitative estimate of drug-likeness (QED) is 0.807. The van der Waals surface area contributed by atoms with Gasteiger partial charge in [0.2, 0.25) is 5.91 Å². The van der Waals surface area contributed by atoms with E-state index in [1.807, 2.05) is 31.2 Å². The number of carbonyl (C=O) groups excluding carboxylic acids is 1. The van der Waals surface area contributed by atoms with Gasteiger partial charge in [0.25, 0.3) is 0 Å². The number of thiophene rings is 1. The number of hydrogen-bond acceptors (Lipinski definition) is 3. The molecule has 2 rings (SSSR count). The zero-order valence-electron chi connectivity index (χ0n) is 12.6. The maximum absolute atomic E-state index is 12.0. The number of hydrogen-bond donors (Lipinski definition) is 2. The summed E-state index contributed by atoms with van der Waals surface area (Å²) in [5.41, 5.74) is 1.99. The first kappa shape index (κ1) is 15.7. The van der Waals surface area contributed by atoms with Crippen molar-refractivity contribution in [3.05, 3.63) is 52.2 Å². The Morgan fingerprint density at radius 2 is 2.14 bits per heavy atom. The molecule has 1 atom stereocenters. The van der Waals surface area contributed by atoms with Crippen molar-refractivity contribution < 1.29 is 4.79 Å². The topological polar surface area (TPSA) is 41.1 Å². The SMILES string of the molecule is CCCC(NCC(=O)Nc1cccc(C)c1)c1cccs1. The van der Waals surface area contributed by atoms with Crippen molar-refractivity contribution in [2.24, 2.45) is 0 Å². The van der Waals surface area contributed by atoms with Gasteiger partial charge in [-0.2, -0.15) is 0 Å². The molecular weight excluding hydrogens is 280 g/mol. The zero-order valence-corrected chi connectivity index (χ0v) is 13.4. The average molecular weight is 302 g/mol. The molecule has 21 heavy (non-hydrogen) atoms. The van der Waals surface area contributed by atoms with Gasteiger partial charge in [-0.1, -0.05) is 31.5 Å². The van der Waals surface area contributed by atoms with Crippen LogP contribution in [0.25, 0.3) is 0 Å². The minimum Gasteiger partial charge on any atom is -0.325 e. The van der Waals surface area contributed by atoms with E-state index < -0.39 is 0 Å². The summed E-state index contributed by atoms with van der Waals surface area (Å²) in [6, 6.07) is 12.3. The molecular formula is C17H22N2OS. The van der Waals surface area contributed by atoms with Crippen LogP contribution in [0.5, 0.6) is 0 Å². The number of amides is 1. The predicted molar refractivity (Wildman–Crippen MR) is 89.8 cm³/mol. The van der Waals surface area contributed by atoms with Crippen LogP contribution in [0.3, 0.4) is 0 Å². The van der Waals surface area contributed by atoms with Crippen molar-refractivity contribution >= 4 is 22.9 Å². The molecule has 0 saturated heterocycles. The molecule has 2 aromatic rings. The van der Waals surface area contributed by atoms with E-state index in [-0.39, 0.29) is 11.9 Å². The maximum Gasteiger partial charge on any atom is 0.238 e. The smallest absolute Gasteiger partial charge is 0.238 e. The van der Waals surface area contributed by atoms with E-state index in [9.17, 15) is 4.79 Å². The molecule has 1 heterocycles. The number of nitrogens with one attached hydrogen (secondary N) is 2. The third-order valence-electron chi connectivity index (χ3n) is 3.27. The van der Waals surface area contributed by atoms with Crippen LogP contribution in [-0.4, -0.2) is 12.5 Å². The summed E-state index contributed by atoms with van der Waals surface area (Å²) in [7, 11) is 0. The van der Waals surface area contributed by atoms with Gasteiger partial charge in [-0.05, 0) is 42.5 Å². The normalized spacial score (nSPS) is 12.1. The number of benzene rings is 1. The largest absolute Gasteiger partial charge is 0.325 e. The van der Waals surface area contributed by atoms with E-state index in [0.29, 0.717) is 6.54 Å². The van der Waals surface area contributed by atoms with Gasteiger partial charge in [0.15, 0.2) is 0 Å². The summed E-state index contributed by atoms with van der Waals surface area (Å²) in [5.74, 6) is -0.00161. The first-order chi connectivity index (χ1) is 10.2. The Labute approximate surface area is 130 Å². The molecule has 0 saturated carbocycles. The molecule has 112 valence electrons. The third kappa shape index (κ3) is 4.99. The molecule has 3 nitrogen and oxygen atoms in total. The Hall–Kier alpha value is -1.65. The Kier molecular flexibility index (Phi) is 5.96. The third-order valence-corrected chi connectivity index (χ3v) is 4.26. The van der Waals surface area contributed by atoms with E-state index >= 15 is 0 Å². The Morgan fingerprint density at radius 1 is 1.29 bits per heavy atom. The van der Waals surface area contributed by atoms with Crippen LogP contribution in [-0.2, 0) is 4.79 Å². The van der Waals surface area contributed by atoms with Crippen LogP contribution in [0, 0.1) is 6.92 Å². The molecule has 1 aromatic heterocycles. The fourth-order valence-electron chi connectivity index (χ4n) is 2.27. The molecule has 0 spiro atoms. The lowest BCUT2D eigenvalue weighted by Gasteiger charge is -2.16. The van der Waals surface area contributed by atoms with Gasteiger partial charge in [0, 0.05) is 16.6 Å². The monoisotopic (exact) mass is 302 g/mol. The van der Waals surface area contributed by atoms with Gasteiger partial charge in [0.05, 0.1) is 6.54 Å². The number of carbonyl (C=O) groups is 1. The van der Waals surface area contributed by atoms with Crippen LogP contribution in [0.2, 0.25) is 0 Å². The Balaban J connectivity index is 1.87. The van der Waals surface area contributed by atoms with Crippen LogP contribution in [0.1, 0.15) is 36.2 Å². The van der Waals surface area contributed by atoms with E-state index in [4.69, 9.17) is 0 Å². The van der Waals surface area contributed by atoms with Gasteiger partial charge in [0.1, 0.15) is 0 Å². The minimum absolute atomic E-state index is 0.00161. The van der Waals surface area contributed by atoms with Gasteiger partial charge < -0.3 is 10.6 Å². The fourth-order valence-corrected chi connectivity index (χ4v) is 3.10. The molecule has 1 amide bonds. The number of anilines is 1. The summed E-state index contributed by atoms with van der Waals surface area (Å²) >= 11 is 1.73. The minimum atomic E-state index is -0.00161. The highest BCUT2D eigenvalue weighted by molar-refractivity contribution is 7.10. The Morgan fingerprint density at radius 3 is 2.81 bits per heavy atom. The Bertz CT molecular complexity index is 566. The number of rotatable bonds is 7. The maximum atomic E-state index is 12.0. The molecule has 0 aliphatic rings. The van der Waals surface area contributed by atoms with E-state index in [1.165, 1.54) is 4.88 Å². The second-order valence-electron chi connectivity index (χ2n) is 5.16. The highest BCUT2D eigenvalue weighted by Gasteiger charge is 2.12. The van der Waals surface area contributed by atoms with Crippen LogP contribution >= 0.6 is 11.3 Å². The van der Waals surface area contributed by atoms with Crippen molar-refractivity contribution in [3.63, 3.8) is 0 Å². The molecule has 0 radical (unpaired) electrons. The first-order valence-electron chi connectivity index (χ1n) is 7.32. The van der Waals surface area contributed by atoms with Gasteiger partial charge in [-0.3, -0.25) is 4.79 Å². The standard InChI is InChI=1S/C17H22N2OS/c1-3-6-15(16-9-5-10-21-16)18-12-17(20)19-14-8-4-7-13(2)11-14/h4-5,7-11,15,18H,3,6,12H2,1-2H3,(H,19,20). The highest BCUT2D eigenvalue weighted by atomic mass is 32.1. The van der Waals surface area contributed by atoms with Crippen molar-refractivity contribution in [2.45, 2.75) is 32.7 Å². The summed E-state index contributed by atoms with van der Waals surface area (Å²) in [6.45, 7) is 4.51. The van der Waals surface area contributed by atoms with Crippen molar-refractivity contribution in [1.29, 1.82) is 0 Å². The molecule has 0 aliphatic heterocycles. The van der Waals surface area contributed by atoms with E-state index in [2.05, 4.69) is 35.1 Å². The van der Waals surface area contributed by atoms with Crippen molar-refractivity contribution in [3.8, 4) is 0 Å². The fraction of sp³-hybridized carbons (Fsp3) is 0.353. The molecule has 4 heteroatoms. The van der Waals surface area contributed by atoms with Crippen molar-refractivity contribution in [1.82, 2.24) is 5.32 Å². The van der Waals surface area contributed by atoms with Crippen molar-refractivity contribution in [2.75, 3.05) is 11.9 Å². The molecule has 2 N–H and O–H groups in total. The lowest BCUT2D eigenvalue weighted by atomic mass is 10.1. The molecule has 1 unspecified atom stereocenters. The lowest BCUT2D eigenvalue weighted by molar-refractivity contribution is -0.115. The van der Waals surface area contributed by atoms with Crippen LogP contribution in [0.4, 0.5) is 5.69 Å². The molecule has 0 fully saturated rings. The first-order valence-corrected chi connectivity index (χ1v) is 8.20. The summed E-state index contributed by atoms with van der Waals surface area (Å²) in [4.78, 5) is 13.3. The van der Waals surface area contributed by atoms with Gasteiger partial charge in [-0.15, -0.1) is 11.3 Å². The van der Waals surface area contributed by atoms with Gasteiger partial charge >= 0.3 is 0 Å². The van der Waals surface area contributed by atoms with E-state index in [0.717, 1.165) is 24.1 Å². The number of aryl methyl sites for hydroxylation is 1. The van der Waals surface area contributed by atoms with Crippen LogP contribution in [0.15, 0.2) is 41.8 Å². The second kappa shape index (κ2) is 7.96. The molecule has 1 aromatic carbocycles. The second-order valence-corrected chi connectivity index (χ2v) is 6.13. The van der Waals surface area contributed by atoms with Crippen LogP contribution < -0.4 is 10.6 Å². The average Bonchev–Trinajstić information content (AvgIpc) is 2.97. The highest BCUT2D eigenvalue weighted by Crippen LogP contribution is 2.22. The summed E-state index contributed by atoms with van der Waals surface area (Å²) in [5, 5.41) is 8.36.